The second-order valence-electron chi connectivity index (χ2n) is 27.8. The summed E-state index contributed by atoms with van der Waals surface area (Å²) in [7, 11) is 0. The third-order valence-electron chi connectivity index (χ3n) is 18.9. The molecule has 0 unspecified atom stereocenters. The summed E-state index contributed by atoms with van der Waals surface area (Å²) in [6, 6.07) is 61.2. The Labute approximate surface area is 513 Å². The predicted octanol–water partition coefficient (Wildman–Crippen LogP) is 23.0. The Kier molecular flexibility index (Phi) is 15.4. The topological polar surface area (TPSA) is 33.1 Å². The normalized spacial score (nSPS) is 15.2. The van der Waals surface area contributed by atoms with E-state index in [0.29, 0.717) is 34.5 Å². The van der Waals surface area contributed by atoms with Gasteiger partial charge in [0, 0.05) is 47.3 Å². The van der Waals surface area contributed by atoms with Crippen LogP contribution in [0.4, 0.5) is 31.5 Å². The van der Waals surface area contributed by atoms with Gasteiger partial charge in [0.2, 0.25) is 11.4 Å². The highest BCUT2D eigenvalue weighted by molar-refractivity contribution is 6.09. The van der Waals surface area contributed by atoms with Crippen LogP contribution in [-0.4, -0.2) is 15.6 Å². The molecule has 0 atom stereocenters. The Balaban J connectivity index is 1.09. The highest BCUT2D eigenvalue weighted by atomic mass is 19.1. The van der Waals surface area contributed by atoms with Crippen LogP contribution in [0, 0.1) is 11.6 Å². The van der Waals surface area contributed by atoms with Crippen LogP contribution < -0.4 is 13.9 Å². The highest BCUT2D eigenvalue weighted by Gasteiger charge is 2.41. The molecule has 5 nitrogen and oxygen atoms in total. The second kappa shape index (κ2) is 23.1. The van der Waals surface area contributed by atoms with Crippen molar-refractivity contribution in [3.63, 3.8) is 0 Å². The van der Waals surface area contributed by atoms with Gasteiger partial charge >= 0.3 is 6.01 Å². The standard InChI is InChI=1S/C80H82F2N4O/c1-50(2)54-36-55(51(3)4)38-56(37-54)70-43-60(80(8,9)10)44-71(57-39-61(81)46-62(82)40-57)78(70)85-49-84(73-30-19-20-31-74(73)85)63-41-58(77-66(52-22-13-11-14-23-52)27-21-28-67(77)53-24-15-12-16-25-53)42-65(47-63)87-64-32-33-69-68-26-17-18-29-72(68)86(75(69)48-64)76-45-59(34-35-83-76)79(5,6)7/h17-21,26-48,50-53H,11-16,22-25H2,1-10H3/q+2. The summed E-state index contributed by atoms with van der Waals surface area (Å²) in [5.41, 5.74) is 18.5. The molecular formula is C80H82F2N4O+2. The number of rotatable bonds is 12. The quantitative estimate of drug-likeness (QED) is 0.114. The molecule has 0 radical (unpaired) electrons. The summed E-state index contributed by atoms with van der Waals surface area (Å²) >= 11 is 0. The first kappa shape index (κ1) is 57.8. The third-order valence-corrected chi connectivity index (χ3v) is 18.9. The van der Waals surface area contributed by atoms with E-state index in [2.05, 4.69) is 235 Å². The van der Waals surface area contributed by atoms with E-state index < -0.39 is 11.6 Å². The number of nitrogens with zero attached hydrogens (tertiary/aromatic N) is 4. The molecule has 0 amide bonds. The Morgan fingerprint density at radius 3 is 1.69 bits per heavy atom. The minimum absolute atomic E-state index is 0.0687. The number of para-hydroxylation sites is 3. The van der Waals surface area contributed by atoms with Gasteiger partial charge in [0.15, 0.2) is 0 Å². The van der Waals surface area contributed by atoms with Crippen molar-refractivity contribution in [1.82, 2.24) is 18.7 Å². The number of ether oxygens (including phenoxy) is 1. The van der Waals surface area contributed by atoms with Crippen LogP contribution in [0.15, 0.2) is 170 Å². The molecule has 87 heavy (non-hydrogen) atoms. The second-order valence-corrected chi connectivity index (χ2v) is 27.8. The molecule has 13 rings (SSSR count). The molecule has 2 fully saturated rings. The van der Waals surface area contributed by atoms with Crippen molar-refractivity contribution in [3.8, 4) is 50.7 Å². The molecule has 2 aliphatic carbocycles. The van der Waals surface area contributed by atoms with Crippen molar-refractivity contribution < 1.29 is 13.5 Å². The summed E-state index contributed by atoms with van der Waals surface area (Å²) in [6.45, 7) is 22.3. The molecule has 2 saturated carbocycles. The maximum absolute atomic E-state index is 15.8. The Morgan fingerprint density at radius 2 is 1.08 bits per heavy atom. The van der Waals surface area contributed by atoms with Crippen LogP contribution in [0.5, 0.6) is 11.5 Å². The number of hydrogen-bond donors (Lipinski definition) is 0. The molecule has 0 spiro atoms. The average molecular weight is 1150 g/mol. The first-order chi connectivity index (χ1) is 41.8. The predicted molar refractivity (Wildman–Crippen MR) is 359 cm³/mol. The number of pyridine rings is 1. The van der Waals surface area contributed by atoms with Gasteiger partial charge < -0.3 is 4.74 Å². The number of fused-ring (bicyclic) bond motifs is 4. The van der Waals surface area contributed by atoms with Crippen molar-refractivity contribution in [2.75, 3.05) is 0 Å². The van der Waals surface area contributed by atoms with Crippen molar-refractivity contribution in [2.45, 2.75) is 168 Å². The lowest BCUT2D eigenvalue weighted by Gasteiger charge is -2.30. The SMILES string of the molecule is CC(C)c1cc(-c2cc(C(C)(C)C)cc(-c3cc(F)cc(F)c3)c2[N+]2=C=[N+](c3cc(Oc4ccc5c6ccccc6n(-c6cc(C(C)(C)C)ccn6)c5c4)cc(-c4c(C5CCCCC5)cccc4C4CCCCC4)c3)c3ccccc32)cc(C(C)C)c1. The maximum Gasteiger partial charge on any atom is 0.503 e. The Morgan fingerprint density at radius 1 is 0.506 bits per heavy atom. The smallest absolute Gasteiger partial charge is 0.457 e. The van der Waals surface area contributed by atoms with Gasteiger partial charge in [-0.15, -0.1) is 0 Å². The van der Waals surface area contributed by atoms with Gasteiger partial charge in [-0.25, -0.2) is 13.8 Å². The Bertz CT molecular complexity index is 4290. The van der Waals surface area contributed by atoms with Crippen LogP contribution in [0.3, 0.4) is 0 Å². The number of hydrogen-bond acceptors (Lipinski definition) is 2. The minimum atomic E-state index is -0.628. The Hall–Kier alpha value is -8.25. The van der Waals surface area contributed by atoms with Crippen molar-refractivity contribution in [1.29, 1.82) is 0 Å². The number of halogens is 2. The van der Waals surface area contributed by atoms with E-state index in [1.54, 1.807) is 0 Å². The first-order valence-corrected chi connectivity index (χ1v) is 32.1. The van der Waals surface area contributed by atoms with E-state index >= 15 is 8.78 Å². The first-order valence-electron chi connectivity index (χ1n) is 32.1. The van der Waals surface area contributed by atoms with E-state index in [1.165, 1.54) is 110 Å². The zero-order chi connectivity index (χ0) is 60.5. The van der Waals surface area contributed by atoms with E-state index in [9.17, 15) is 0 Å². The van der Waals surface area contributed by atoms with Gasteiger partial charge in [-0.1, -0.05) is 174 Å². The minimum Gasteiger partial charge on any atom is -0.457 e. The summed E-state index contributed by atoms with van der Waals surface area (Å²) in [5.74, 6) is 2.45. The van der Waals surface area contributed by atoms with Gasteiger partial charge in [-0.3, -0.25) is 4.57 Å². The monoisotopic (exact) mass is 1150 g/mol. The van der Waals surface area contributed by atoms with E-state index in [0.717, 1.165) is 78.7 Å². The third kappa shape index (κ3) is 11.3. The molecule has 8 aromatic carbocycles. The molecule has 3 aliphatic rings. The van der Waals surface area contributed by atoms with Gasteiger partial charge in [0.1, 0.15) is 29.0 Å². The van der Waals surface area contributed by atoms with Crippen molar-refractivity contribution in [2.24, 2.45) is 0 Å². The molecule has 2 aromatic heterocycles. The summed E-state index contributed by atoms with van der Waals surface area (Å²) in [6.07, 6.45) is 14.1. The molecule has 0 bridgehead atoms. The zero-order valence-electron chi connectivity index (χ0n) is 52.5. The maximum atomic E-state index is 15.8. The largest absolute Gasteiger partial charge is 0.503 e. The fraction of sp³-hybridized carbons (Fsp3) is 0.325. The summed E-state index contributed by atoms with van der Waals surface area (Å²) in [5, 5.41) is 2.28. The van der Waals surface area contributed by atoms with Crippen LogP contribution in [-0.2, 0) is 10.8 Å². The molecule has 0 N–H and O–H groups in total. The van der Waals surface area contributed by atoms with Gasteiger partial charge in [0.25, 0.3) is 11.4 Å². The average Bonchev–Trinajstić information content (AvgIpc) is 1.73. The number of benzene rings is 8. The van der Waals surface area contributed by atoms with Crippen LogP contribution in [0.2, 0.25) is 0 Å². The fourth-order valence-corrected chi connectivity index (χ4v) is 14.1. The van der Waals surface area contributed by atoms with E-state index in [1.807, 2.05) is 6.20 Å². The zero-order valence-corrected chi connectivity index (χ0v) is 52.5. The lowest BCUT2D eigenvalue weighted by molar-refractivity contribution is 0.436. The lowest BCUT2D eigenvalue weighted by Crippen LogP contribution is -2.13. The molecule has 3 heterocycles. The van der Waals surface area contributed by atoms with Crippen molar-refractivity contribution in [3.05, 3.63) is 215 Å². The highest BCUT2D eigenvalue weighted by Crippen LogP contribution is 2.51. The molecule has 10 aromatic rings. The van der Waals surface area contributed by atoms with Crippen LogP contribution in [0.1, 0.15) is 190 Å². The summed E-state index contributed by atoms with van der Waals surface area (Å²) < 4.78 is 45.7. The molecule has 440 valence electrons. The molecule has 1 aliphatic heterocycles. The van der Waals surface area contributed by atoms with E-state index in [-0.39, 0.29) is 22.7 Å². The van der Waals surface area contributed by atoms with Crippen molar-refractivity contribution >= 4 is 50.6 Å². The van der Waals surface area contributed by atoms with Gasteiger partial charge in [-0.05, 0) is 186 Å². The summed E-state index contributed by atoms with van der Waals surface area (Å²) in [4.78, 5) is 5.01. The van der Waals surface area contributed by atoms with Gasteiger partial charge in [0.05, 0.1) is 28.2 Å². The fourth-order valence-electron chi connectivity index (χ4n) is 14.1. The van der Waals surface area contributed by atoms with Gasteiger partial charge in [-0.2, -0.15) is 0 Å². The number of aromatic nitrogens is 2. The lowest BCUT2D eigenvalue weighted by atomic mass is 9.75. The molecular weight excluding hydrogens is 1070 g/mol. The molecule has 0 saturated heterocycles. The molecule has 7 heteroatoms. The van der Waals surface area contributed by atoms with Crippen LogP contribution >= 0.6 is 0 Å². The van der Waals surface area contributed by atoms with Crippen LogP contribution in [0.25, 0.3) is 61.0 Å². The van der Waals surface area contributed by atoms with E-state index in [4.69, 9.17) is 9.72 Å².